The second-order valence-corrected chi connectivity index (χ2v) is 8.42. The molecule has 8 nitrogen and oxygen atoms in total. The van der Waals surface area contributed by atoms with E-state index in [9.17, 15) is 14.4 Å². The molecular formula is C22H20ClN3O5S. The van der Waals surface area contributed by atoms with Crippen LogP contribution < -0.4 is 10.3 Å². The number of pyridine rings is 2. The molecule has 0 bridgehead atoms. The van der Waals surface area contributed by atoms with Gasteiger partial charge in [-0.15, -0.1) is 11.3 Å². The van der Waals surface area contributed by atoms with Crippen LogP contribution in [-0.4, -0.2) is 46.5 Å². The number of esters is 1. The molecule has 166 valence electrons. The normalized spacial score (nSPS) is 13.2. The van der Waals surface area contributed by atoms with Gasteiger partial charge in [0.2, 0.25) is 0 Å². The summed E-state index contributed by atoms with van der Waals surface area (Å²) in [6, 6.07) is 6.58. The highest BCUT2D eigenvalue weighted by Crippen LogP contribution is 2.27. The number of hydrogen-bond donors (Lipinski definition) is 0. The SMILES string of the molecule is COC(=O)c1c(OCc2cccnc2)cc(=O)n2c1CCN(C(=O)c1sccc1Cl)CC2. The topological polar surface area (TPSA) is 90.7 Å². The van der Waals surface area contributed by atoms with Gasteiger partial charge in [-0.25, -0.2) is 4.79 Å². The fourth-order valence-corrected chi connectivity index (χ4v) is 4.73. The molecule has 0 unspecified atom stereocenters. The monoisotopic (exact) mass is 473 g/mol. The van der Waals surface area contributed by atoms with Crippen molar-refractivity contribution in [2.45, 2.75) is 19.6 Å². The van der Waals surface area contributed by atoms with E-state index in [0.29, 0.717) is 35.1 Å². The lowest BCUT2D eigenvalue weighted by Crippen LogP contribution is -2.34. The molecule has 0 spiro atoms. The molecule has 0 radical (unpaired) electrons. The van der Waals surface area contributed by atoms with E-state index in [1.54, 1.807) is 34.8 Å². The maximum Gasteiger partial charge on any atom is 0.343 e. The van der Waals surface area contributed by atoms with Crippen LogP contribution in [0.5, 0.6) is 5.75 Å². The number of nitrogens with zero attached hydrogens (tertiary/aromatic N) is 3. The summed E-state index contributed by atoms with van der Waals surface area (Å²) in [5.41, 5.74) is 1.16. The van der Waals surface area contributed by atoms with Crippen molar-refractivity contribution in [3.8, 4) is 5.75 Å². The van der Waals surface area contributed by atoms with Gasteiger partial charge in [-0.2, -0.15) is 0 Å². The fraction of sp³-hybridized carbons (Fsp3) is 0.273. The summed E-state index contributed by atoms with van der Waals surface area (Å²) < 4.78 is 12.3. The van der Waals surface area contributed by atoms with E-state index in [-0.39, 0.29) is 35.9 Å². The molecule has 4 heterocycles. The van der Waals surface area contributed by atoms with Gasteiger partial charge >= 0.3 is 5.97 Å². The Labute approximate surface area is 193 Å². The summed E-state index contributed by atoms with van der Waals surface area (Å²) in [6.45, 7) is 1.02. The van der Waals surface area contributed by atoms with Crippen molar-refractivity contribution < 1.29 is 19.1 Å². The molecule has 1 aliphatic heterocycles. The highest BCUT2D eigenvalue weighted by atomic mass is 35.5. The number of rotatable bonds is 5. The van der Waals surface area contributed by atoms with Crippen LogP contribution in [0, 0.1) is 0 Å². The van der Waals surface area contributed by atoms with E-state index in [1.165, 1.54) is 29.1 Å². The minimum atomic E-state index is -0.601. The Morgan fingerprint density at radius 3 is 2.78 bits per heavy atom. The third kappa shape index (κ3) is 4.39. The summed E-state index contributed by atoms with van der Waals surface area (Å²) in [5, 5.41) is 2.16. The predicted molar refractivity (Wildman–Crippen MR) is 120 cm³/mol. The molecule has 1 aliphatic rings. The van der Waals surface area contributed by atoms with Crippen LogP contribution in [0.2, 0.25) is 5.02 Å². The lowest BCUT2D eigenvalue weighted by atomic mass is 10.1. The van der Waals surface area contributed by atoms with E-state index in [2.05, 4.69) is 4.98 Å². The number of halogens is 1. The third-order valence-corrected chi connectivity index (χ3v) is 6.53. The van der Waals surface area contributed by atoms with Gasteiger partial charge in [-0.3, -0.25) is 14.6 Å². The largest absolute Gasteiger partial charge is 0.488 e. The summed E-state index contributed by atoms with van der Waals surface area (Å²) in [5.74, 6) is -0.646. The Bertz CT molecular complexity index is 1210. The van der Waals surface area contributed by atoms with Gasteiger partial charge in [0.15, 0.2) is 0 Å². The molecule has 0 aromatic carbocycles. The Kier molecular flexibility index (Phi) is 6.57. The van der Waals surface area contributed by atoms with E-state index in [4.69, 9.17) is 21.1 Å². The van der Waals surface area contributed by atoms with Crippen LogP contribution in [0.25, 0.3) is 0 Å². The van der Waals surface area contributed by atoms with Crippen molar-refractivity contribution >= 4 is 34.8 Å². The molecule has 0 saturated heterocycles. The van der Waals surface area contributed by atoms with E-state index in [1.807, 2.05) is 6.07 Å². The molecule has 1 amide bonds. The minimum Gasteiger partial charge on any atom is -0.488 e. The molecule has 0 aliphatic carbocycles. The molecule has 0 N–H and O–H groups in total. The fourth-order valence-electron chi connectivity index (χ4n) is 3.62. The molecule has 3 aromatic heterocycles. The highest BCUT2D eigenvalue weighted by Gasteiger charge is 2.28. The Hall–Kier alpha value is -3.17. The van der Waals surface area contributed by atoms with Crippen molar-refractivity contribution in [1.29, 1.82) is 0 Å². The first-order valence-corrected chi connectivity index (χ1v) is 11.1. The van der Waals surface area contributed by atoms with Crippen molar-refractivity contribution in [1.82, 2.24) is 14.5 Å². The quantitative estimate of drug-likeness (QED) is 0.529. The van der Waals surface area contributed by atoms with E-state index < -0.39 is 5.97 Å². The van der Waals surface area contributed by atoms with Crippen molar-refractivity contribution in [3.05, 3.63) is 79.1 Å². The van der Waals surface area contributed by atoms with Gasteiger partial charge in [0.25, 0.3) is 11.5 Å². The highest BCUT2D eigenvalue weighted by molar-refractivity contribution is 7.12. The zero-order valence-electron chi connectivity index (χ0n) is 17.2. The smallest absolute Gasteiger partial charge is 0.343 e. The standard InChI is InChI=1S/C22H20ClN3O5S/c1-30-22(29)19-16-4-7-25(21(28)20-15(23)5-10-32-20)8-9-26(16)18(27)11-17(19)31-13-14-3-2-6-24-12-14/h2-3,5-6,10-12H,4,7-9,13H2,1H3. The Morgan fingerprint density at radius 2 is 2.09 bits per heavy atom. The van der Waals surface area contributed by atoms with Crippen LogP contribution in [0.4, 0.5) is 0 Å². The summed E-state index contributed by atoms with van der Waals surface area (Å²) in [6.07, 6.45) is 3.58. The second kappa shape index (κ2) is 9.54. The molecular weight excluding hydrogens is 454 g/mol. The summed E-state index contributed by atoms with van der Waals surface area (Å²) >= 11 is 7.40. The molecule has 0 atom stereocenters. The molecule has 32 heavy (non-hydrogen) atoms. The number of hydrogen-bond acceptors (Lipinski definition) is 7. The third-order valence-electron chi connectivity index (χ3n) is 5.20. The number of fused-ring (bicyclic) bond motifs is 1. The number of methoxy groups -OCH3 is 1. The van der Waals surface area contributed by atoms with Gasteiger partial charge in [-0.1, -0.05) is 17.7 Å². The van der Waals surface area contributed by atoms with E-state index >= 15 is 0 Å². The van der Waals surface area contributed by atoms with Crippen LogP contribution in [0.1, 0.15) is 31.3 Å². The molecule has 10 heteroatoms. The maximum atomic E-state index is 12.9. The minimum absolute atomic E-state index is 0.141. The number of ether oxygens (including phenoxy) is 2. The first kappa shape index (κ1) is 22.0. The summed E-state index contributed by atoms with van der Waals surface area (Å²) in [4.78, 5) is 44.6. The van der Waals surface area contributed by atoms with Crippen molar-refractivity contribution in [2.24, 2.45) is 0 Å². The lowest BCUT2D eigenvalue weighted by Gasteiger charge is -2.19. The van der Waals surface area contributed by atoms with Crippen LogP contribution in [0.15, 0.2) is 46.8 Å². The first-order valence-electron chi connectivity index (χ1n) is 9.88. The van der Waals surface area contributed by atoms with Gasteiger partial charge in [0.05, 0.1) is 12.1 Å². The molecule has 0 saturated carbocycles. The van der Waals surface area contributed by atoms with Gasteiger partial charge in [-0.05, 0) is 17.5 Å². The Morgan fingerprint density at radius 1 is 1.25 bits per heavy atom. The van der Waals surface area contributed by atoms with Crippen LogP contribution in [-0.2, 0) is 24.3 Å². The lowest BCUT2D eigenvalue weighted by molar-refractivity contribution is 0.0592. The summed E-state index contributed by atoms with van der Waals surface area (Å²) in [7, 11) is 1.28. The molecule has 0 fully saturated rings. The molecule has 4 rings (SSSR count). The number of carbonyl (C=O) groups excluding carboxylic acids is 2. The zero-order valence-corrected chi connectivity index (χ0v) is 18.8. The number of thiophene rings is 1. The van der Waals surface area contributed by atoms with Gasteiger partial charge < -0.3 is 18.9 Å². The number of carbonyl (C=O) groups is 2. The van der Waals surface area contributed by atoms with Gasteiger partial charge in [0, 0.05) is 55.8 Å². The number of amides is 1. The van der Waals surface area contributed by atoms with E-state index in [0.717, 1.165) is 5.56 Å². The van der Waals surface area contributed by atoms with Crippen LogP contribution >= 0.6 is 22.9 Å². The maximum absolute atomic E-state index is 12.9. The van der Waals surface area contributed by atoms with Crippen molar-refractivity contribution in [2.75, 3.05) is 20.2 Å². The molecule has 3 aromatic rings. The second-order valence-electron chi connectivity index (χ2n) is 7.10. The predicted octanol–water partition coefficient (Wildman–Crippen LogP) is 3.02. The van der Waals surface area contributed by atoms with Crippen molar-refractivity contribution in [3.63, 3.8) is 0 Å². The number of aromatic nitrogens is 2. The zero-order chi connectivity index (χ0) is 22.7. The average molecular weight is 474 g/mol. The average Bonchev–Trinajstić information content (AvgIpc) is 3.11. The van der Waals surface area contributed by atoms with Crippen LogP contribution in [0.3, 0.4) is 0 Å². The Balaban J connectivity index is 1.65. The van der Waals surface area contributed by atoms with Gasteiger partial charge in [0.1, 0.15) is 22.8 Å². The first-order chi connectivity index (χ1) is 15.5.